The number of carboxylic acids is 1. The number of hydrogen-bond acceptors (Lipinski definition) is 3. The van der Waals surface area contributed by atoms with Crippen LogP contribution in [0.5, 0.6) is 0 Å². The highest BCUT2D eigenvalue weighted by Crippen LogP contribution is 2.22. The number of aliphatic hydroxyl groups excluding tert-OH is 1. The van der Waals surface area contributed by atoms with Crippen molar-refractivity contribution in [2.24, 2.45) is 0 Å². The highest BCUT2D eigenvalue weighted by molar-refractivity contribution is 5.99. The van der Waals surface area contributed by atoms with Crippen molar-refractivity contribution in [2.75, 3.05) is 11.4 Å². The Hall–Kier alpha value is -1.88. The smallest absolute Gasteiger partial charge is 0.335 e. The molecule has 1 atom stereocenters. The van der Waals surface area contributed by atoms with Gasteiger partial charge in [-0.25, -0.2) is 4.79 Å². The number of anilines is 1. The van der Waals surface area contributed by atoms with Gasteiger partial charge in [-0.3, -0.25) is 4.79 Å². The first-order valence-electron chi connectivity index (χ1n) is 4.92. The third-order valence-electron chi connectivity index (χ3n) is 2.58. The Morgan fingerprint density at radius 1 is 1.44 bits per heavy atom. The monoisotopic (exact) mass is 221 g/mol. The Morgan fingerprint density at radius 3 is 2.75 bits per heavy atom. The molecule has 5 heteroatoms. The van der Waals surface area contributed by atoms with E-state index < -0.39 is 12.1 Å². The van der Waals surface area contributed by atoms with E-state index in [1.165, 1.54) is 17.0 Å². The molecule has 0 spiro atoms. The minimum absolute atomic E-state index is 0.131. The van der Waals surface area contributed by atoms with Crippen LogP contribution in [0.1, 0.15) is 16.8 Å². The van der Waals surface area contributed by atoms with E-state index in [4.69, 9.17) is 5.11 Å². The predicted octanol–water partition coefficient (Wildman–Crippen LogP) is 0.482. The van der Waals surface area contributed by atoms with Crippen molar-refractivity contribution in [2.45, 2.75) is 12.5 Å². The maximum atomic E-state index is 11.5. The number of carbonyl (C=O) groups is 2. The van der Waals surface area contributed by atoms with Gasteiger partial charge in [0.25, 0.3) is 5.91 Å². The zero-order valence-electron chi connectivity index (χ0n) is 8.46. The van der Waals surface area contributed by atoms with Crippen molar-refractivity contribution < 1.29 is 19.8 Å². The molecule has 1 aromatic rings. The maximum Gasteiger partial charge on any atom is 0.335 e. The van der Waals surface area contributed by atoms with Gasteiger partial charge < -0.3 is 15.1 Å². The van der Waals surface area contributed by atoms with Crippen LogP contribution in [0.2, 0.25) is 0 Å². The standard InChI is InChI=1S/C11H11NO4/c13-9-4-5-12(10(9)14)8-3-1-2-7(6-8)11(15)16/h1-3,6,9,13H,4-5H2,(H,15,16). The summed E-state index contributed by atoms with van der Waals surface area (Å²) < 4.78 is 0. The first-order chi connectivity index (χ1) is 7.59. The Bertz CT molecular complexity index is 443. The van der Waals surface area contributed by atoms with Gasteiger partial charge >= 0.3 is 5.97 Å². The summed E-state index contributed by atoms with van der Waals surface area (Å²) in [5, 5.41) is 18.1. The number of hydrogen-bond donors (Lipinski definition) is 2. The van der Waals surface area contributed by atoms with Crippen LogP contribution in [0.3, 0.4) is 0 Å². The van der Waals surface area contributed by atoms with E-state index in [1.807, 2.05) is 0 Å². The van der Waals surface area contributed by atoms with Gasteiger partial charge in [-0.05, 0) is 18.2 Å². The molecule has 1 unspecified atom stereocenters. The van der Waals surface area contributed by atoms with Crippen LogP contribution >= 0.6 is 0 Å². The Morgan fingerprint density at radius 2 is 2.19 bits per heavy atom. The topological polar surface area (TPSA) is 77.8 Å². The van der Waals surface area contributed by atoms with E-state index >= 15 is 0 Å². The van der Waals surface area contributed by atoms with Gasteiger partial charge in [-0.15, -0.1) is 0 Å². The maximum absolute atomic E-state index is 11.5. The largest absolute Gasteiger partial charge is 0.478 e. The molecule has 1 amide bonds. The normalized spacial score (nSPS) is 20.2. The van der Waals surface area contributed by atoms with Crippen LogP contribution in [0.15, 0.2) is 24.3 Å². The second-order valence-corrected chi connectivity index (χ2v) is 3.65. The molecule has 0 aromatic heterocycles. The molecule has 5 nitrogen and oxygen atoms in total. The molecule has 0 aliphatic carbocycles. The number of benzene rings is 1. The molecular weight excluding hydrogens is 210 g/mol. The molecular formula is C11H11NO4. The van der Waals surface area contributed by atoms with Crippen molar-refractivity contribution in [3.05, 3.63) is 29.8 Å². The quantitative estimate of drug-likeness (QED) is 0.761. The summed E-state index contributed by atoms with van der Waals surface area (Å²) in [5.41, 5.74) is 0.646. The van der Waals surface area contributed by atoms with Crippen LogP contribution in [-0.2, 0) is 4.79 Å². The van der Waals surface area contributed by atoms with Crippen molar-refractivity contribution in [3.8, 4) is 0 Å². The number of aromatic carboxylic acids is 1. The molecule has 0 radical (unpaired) electrons. The van der Waals surface area contributed by atoms with Gasteiger partial charge in [0.05, 0.1) is 5.56 Å². The third-order valence-corrected chi connectivity index (χ3v) is 2.58. The Labute approximate surface area is 91.9 Å². The van der Waals surface area contributed by atoms with Crippen molar-refractivity contribution in [1.82, 2.24) is 0 Å². The fourth-order valence-electron chi connectivity index (χ4n) is 1.73. The Balaban J connectivity index is 2.31. The molecule has 16 heavy (non-hydrogen) atoms. The third kappa shape index (κ3) is 1.77. The fourth-order valence-corrected chi connectivity index (χ4v) is 1.73. The molecule has 1 aliphatic rings. The lowest BCUT2D eigenvalue weighted by molar-refractivity contribution is -0.124. The van der Waals surface area contributed by atoms with E-state index in [0.717, 1.165) is 0 Å². The van der Waals surface area contributed by atoms with Gasteiger partial charge in [-0.2, -0.15) is 0 Å². The average molecular weight is 221 g/mol. The van der Waals surface area contributed by atoms with Gasteiger partial charge in [0.1, 0.15) is 6.10 Å². The zero-order chi connectivity index (χ0) is 11.7. The second kappa shape index (κ2) is 3.94. The van der Waals surface area contributed by atoms with Crippen LogP contribution < -0.4 is 4.90 Å². The zero-order valence-corrected chi connectivity index (χ0v) is 8.46. The first kappa shape index (κ1) is 10.6. The van der Waals surface area contributed by atoms with E-state index in [-0.39, 0.29) is 11.5 Å². The second-order valence-electron chi connectivity index (χ2n) is 3.65. The number of carboxylic acid groups (broad SMARTS) is 1. The summed E-state index contributed by atoms with van der Waals surface area (Å²) in [7, 11) is 0. The highest BCUT2D eigenvalue weighted by atomic mass is 16.4. The molecule has 0 bridgehead atoms. The summed E-state index contributed by atoms with van der Waals surface area (Å²) in [6, 6.07) is 6.13. The van der Waals surface area contributed by atoms with Crippen LogP contribution in [-0.4, -0.2) is 34.7 Å². The van der Waals surface area contributed by atoms with Crippen LogP contribution in [0.25, 0.3) is 0 Å². The lowest BCUT2D eigenvalue weighted by atomic mass is 10.2. The lowest BCUT2D eigenvalue weighted by Crippen LogP contribution is -2.29. The van der Waals surface area contributed by atoms with E-state index in [0.29, 0.717) is 18.7 Å². The van der Waals surface area contributed by atoms with E-state index in [9.17, 15) is 14.7 Å². The summed E-state index contributed by atoms with van der Waals surface area (Å²) >= 11 is 0. The summed E-state index contributed by atoms with van der Waals surface area (Å²) in [6.07, 6.45) is -0.579. The van der Waals surface area contributed by atoms with Crippen molar-refractivity contribution in [3.63, 3.8) is 0 Å². The summed E-state index contributed by atoms with van der Waals surface area (Å²) in [6.45, 7) is 0.420. The Kier molecular flexibility index (Phi) is 2.62. The average Bonchev–Trinajstić information content (AvgIpc) is 2.60. The summed E-state index contributed by atoms with van der Waals surface area (Å²) in [5.74, 6) is -1.41. The van der Waals surface area contributed by atoms with E-state index in [1.54, 1.807) is 12.1 Å². The first-order valence-corrected chi connectivity index (χ1v) is 4.92. The van der Waals surface area contributed by atoms with Crippen molar-refractivity contribution >= 4 is 17.6 Å². The molecule has 84 valence electrons. The number of aliphatic hydroxyl groups is 1. The van der Waals surface area contributed by atoms with Gasteiger partial charge in [0, 0.05) is 18.7 Å². The van der Waals surface area contributed by atoms with Crippen LogP contribution in [0, 0.1) is 0 Å². The SMILES string of the molecule is O=C(O)c1cccc(N2CCC(O)C2=O)c1. The molecule has 1 aromatic carbocycles. The minimum atomic E-state index is -1.03. The minimum Gasteiger partial charge on any atom is -0.478 e. The lowest BCUT2D eigenvalue weighted by Gasteiger charge is -2.16. The molecule has 1 heterocycles. The molecule has 2 rings (SSSR count). The van der Waals surface area contributed by atoms with Gasteiger partial charge in [0.15, 0.2) is 0 Å². The van der Waals surface area contributed by atoms with Gasteiger partial charge in [-0.1, -0.05) is 6.07 Å². The molecule has 1 fully saturated rings. The molecule has 1 aliphatic heterocycles. The summed E-state index contributed by atoms with van der Waals surface area (Å²) in [4.78, 5) is 23.7. The number of nitrogens with zero attached hydrogens (tertiary/aromatic N) is 1. The molecule has 2 N–H and O–H groups in total. The van der Waals surface area contributed by atoms with E-state index in [2.05, 4.69) is 0 Å². The number of carbonyl (C=O) groups excluding carboxylic acids is 1. The predicted molar refractivity (Wildman–Crippen MR) is 56.4 cm³/mol. The fraction of sp³-hybridized carbons (Fsp3) is 0.273. The molecule has 0 saturated carbocycles. The highest BCUT2D eigenvalue weighted by Gasteiger charge is 2.30. The molecule has 1 saturated heterocycles. The van der Waals surface area contributed by atoms with Crippen LogP contribution in [0.4, 0.5) is 5.69 Å². The number of amides is 1. The van der Waals surface area contributed by atoms with Crippen molar-refractivity contribution in [1.29, 1.82) is 0 Å². The van der Waals surface area contributed by atoms with Gasteiger partial charge in [0.2, 0.25) is 0 Å². The number of rotatable bonds is 2.